The molecule has 0 fully saturated rings. The molecule has 0 spiro atoms. The van der Waals surface area contributed by atoms with Gasteiger partial charge in [-0.1, -0.05) is 0 Å². The van der Waals surface area contributed by atoms with Crippen molar-refractivity contribution in [3.63, 3.8) is 0 Å². The lowest BCUT2D eigenvalue weighted by molar-refractivity contribution is -0.383. The highest BCUT2D eigenvalue weighted by atomic mass is 32.2. The van der Waals surface area contributed by atoms with Gasteiger partial charge in [0.25, 0.3) is 5.69 Å². The van der Waals surface area contributed by atoms with E-state index in [2.05, 4.69) is 15.3 Å². The first kappa shape index (κ1) is 15.9. The molecule has 0 amide bonds. The fourth-order valence-corrected chi connectivity index (χ4v) is 3.04. The molecule has 8 nitrogen and oxygen atoms in total. The lowest BCUT2D eigenvalue weighted by Gasteiger charge is -2.03. The molecule has 0 atom stereocenters. The van der Waals surface area contributed by atoms with E-state index in [0.29, 0.717) is 28.1 Å². The molecular formula is C15H14N4O4S. The SMILES string of the molecule is CNc1ccc(-c2nc3ccc(S(C)(=O)=O)cc3[nH]2)cc1[N+](=O)[O-]. The number of hydrogen-bond acceptors (Lipinski definition) is 6. The normalized spacial score (nSPS) is 11.6. The summed E-state index contributed by atoms with van der Waals surface area (Å²) in [5, 5.41) is 13.9. The van der Waals surface area contributed by atoms with Crippen molar-refractivity contribution in [1.82, 2.24) is 9.97 Å². The van der Waals surface area contributed by atoms with Crippen molar-refractivity contribution in [2.24, 2.45) is 0 Å². The predicted molar refractivity (Wildman–Crippen MR) is 90.8 cm³/mol. The molecule has 0 radical (unpaired) electrons. The number of nitrogens with zero attached hydrogens (tertiary/aromatic N) is 2. The Morgan fingerprint density at radius 2 is 1.96 bits per heavy atom. The third-order valence-electron chi connectivity index (χ3n) is 3.62. The highest BCUT2D eigenvalue weighted by molar-refractivity contribution is 7.90. The van der Waals surface area contributed by atoms with E-state index in [1.807, 2.05) is 0 Å². The van der Waals surface area contributed by atoms with E-state index in [9.17, 15) is 18.5 Å². The van der Waals surface area contributed by atoms with Crippen LogP contribution in [-0.4, -0.2) is 36.6 Å². The largest absolute Gasteiger partial charge is 0.383 e. The summed E-state index contributed by atoms with van der Waals surface area (Å²) in [6, 6.07) is 9.30. The van der Waals surface area contributed by atoms with E-state index < -0.39 is 14.8 Å². The Morgan fingerprint density at radius 3 is 2.58 bits per heavy atom. The Balaban J connectivity index is 2.13. The Hall–Kier alpha value is -2.94. The molecule has 0 bridgehead atoms. The van der Waals surface area contributed by atoms with E-state index in [1.54, 1.807) is 25.2 Å². The quantitative estimate of drug-likeness (QED) is 0.554. The number of fused-ring (bicyclic) bond motifs is 1. The number of nitro groups is 1. The van der Waals surface area contributed by atoms with Crippen molar-refractivity contribution >= 4 is 32.2 Å². The second kappa shape index (κ2) is 5.60. The third kappa shape index (κ3) is 2.81. The van der Waals surface area contributed by atoms with Crippen LogP contribution in [0.2, 0.25) is 0 Å². The summed E-state index contributed by atoms with van der Waals surface area (Å²) in [5.41, 5.74) is 2.01. The Morgan fingerprint density at radius 1 is 1.21 bits per heavy atom. The molecule has 0 saturated heterocycles. The van der Waals surface area contributed by atoms with Gasteiger partial charge >= 0.3 is 0 Å². The van der Waals surface area contributed by atoms with Crippen LogP contribution in [0.15, 0.2) is 41.3 Å². The molecule has 2 N–H and O–H groups in total. The monoisotopic (exact) mass is 346 g/mol. The van der Waals surface area contributed by atoms with Gasteiger partial charge in [0.05, 0.1) is 20.9 Å². The molecule has 0 aliphatic carbocycles. The van der Waals surface area contributed by atoms with E-state index in [1.165, 1.54) is 18.2 Å². The van der Waals surface area contributed by atoms with Crippen LogP contribution >= 0.6 is 0 Å². The molecule has 2 aromatic carbocycles. The first-order valence-electron chi connectivity index (χ1n) is 6.96. The molecule has 0 aliphatic rings. The van der Waals surface area contributed by atoms with Gasteiger partial charge in [-0.15, -0.1) is 0 Å². The zero-order valence-corrected chi connectivity index (χ0v) is 13.7. The van der Waals surface area contributed by atoms with Crippen LogP contribution in [-0.2, 0) is 9.84 Å². The number of sulfone groups is 1. The lowest BCUT2D eigenvalue weighted by Crippen LogP contribution is -1.97. The van der Waals surface area contributed by atoms with Crippen LogP contribution in [0.25, 0.3) is 22.4 Å². The minimum atomic E-state index is -3.32. The molecule has 24 heavy (non-hydrogen) atoms. The van der Waals surface area contributed by atoms with Crippen molar-refractivity contribution in [3.05, 3.63) is 46.5 Å². The number of nitro benzene ring substituents is 1. The van der Waals surface area contributed by atoms with Gasteiger partial charge in [0.1, 0.15) is 11.5 Å². The van der Waals surface area contributed by atoms with Crippen molar-refractivity contribution in [3.8, 4) is 11.4 Å². The zero-order chi connectivity index (χ0) is 17.5. The van der Waals surface area contributed by atoms with Crippen molar-refractivity contribution in [2.45, 2.75) is 4.90 Å². The fourth-order valence-electron chi connectivity index (χ4n) is 2.40. The third-order valence-corrected chi connectivity index (χ3v) is 4.73. The van der Waals surface area contributed by atoms with Crippen LogP contribution < -0.4 is 5.32 Å². The number of aromatic nitrogens is 2. The van der Waals surface area contributed by atoms with Gasteiger partial charge < -0.3 is 10.3 Å². The Kier molecular flexibility index (Phi) is 3.72. The molecule has 3 aromatic rings. The van der Waals surface area contributed by atoms with Gasteiger partial charge in [-0.05, 0) is 30.3 Å². The lowest BCUT2D eigenvalue weighted by atomic mass is 10.1. The van der Waals surface area contributed by atoms with Crippen LogP contribution in [0.1, 0.15) is 0 Å². The van der Waals surface area contributed by atoms with E-state index in [-0.39, 0.29) is 10.6 Å². The minimum absolute atomic E-state index is 0.0627. The topological polar surface area (TPSA) is 118 Å². The Labute approximate surface area is 137 Å². The van der Waals surface area contributed by atoms with Crippen LogP contribution in [0.4, 0.5) is 11.4 Å². The van der Waals surface area contributed by atoms with Gasteiger partial charge in [0.2, 0.25) is 0 Å². The van der Waals surface area contributed by atoms with Gasteiger partial charge in [0.15, 0.2) is 9.84 Å². The maximum atomic E-state index is 11.6. The van der Waals surface area contributed by atoms with Crippen molar-refractivity contribution in [2.75, 3.05) is 18.6 Å². The number of rotatable bonds is 4. The zero-order valence-electron chi connectivity index (χ0n) is 12.9. The second-order valence-corrected chi connectivity index (χ2v) is 7.29. The van der Waals surface area contributed by atoms with E-state index in [4.69, 9.17) is 0 Å². The molecule has 0 unspecified atom stereocenters. The minimum Gasteiger partial charge on any atom is -0.383 e. The fraction of sp³-hybridized carbons (Fsp3) is 0.133. The molecule has 9 heteroatoms. The van der Waals surface area contributed by atoms with Crippen LogP contribution in [0.3, 0.4) is 0 Å². The van der Waals surface area contributed by atoms with Crippen LogP contribution in [0.5, 0.6) is 0 Å². The highest BCUT2D eigenvalue weighted by Gasteiger charge is 2.16. The first-order chi connectivity index (χ1) is 11.3. The summed E-state index contributed by atoms with van der Waals surface area (Å²) < 4.78 is 23.3. The Bertz CT molecular complexity index is 1060. The number of nitrogens with one attached hydrogen (secondary N) is 2. The first-order valence-corrected chi connectivity index (χ1v) is 8.85. The number of H-pyrrole nitrogens is 1. The van der Waals surface area contributed by atoms with E-state index in [0.717, 1.165) is 6.26 Å². The van der Waals surface area contributed by atoms with Crippen LogP contribution in [0, 0.1) is 10.1 Å². The second-order valence-electron chi connectivity index (χ2n) is 5.28. The molecule has 1 heterocycles. The summed E-state index contributed by atoms with van der Waals surface area (Å²) in [6.45, 7) is 0. The summed E-state index contributed by atoms with van der Waals surface area (Å²) in [6.07, 6.45) is 1.13. The summed E-state index contributed by atoms with van der Waals surface area (Å²) in [5.74, 6) is 0.432. The highest BCUT2D eigenvalue weighted by Crippen LogP contribution is 2.30. The average molecular weight is 346 g/mol. The standard InChI is InChI=1S/C15H14N4O4S/c1-16-12-5-3-9(7-14(12)19(20)21)15-17-11-6-4-10(24(2,22)23)8-13(11)18-15/h3-8,16H,1-2H3,(H,17,18). The van der Waals surface area contributed by atoms with Crippen molar-refractivity contribution in [1.29, 1.82) is 0 Å². The predicted octanol–water partition coefficient (Wildman–Crippen LogP) is 2.58. The van der Waals surface area contributed by atoms with Gasteiger partial charge in [-0.2, -0.15) is 0 Å². The maximum Gasteiger partial charge on any atom is 0.293 e. The number of imidazole rings is 1. The molecular weight excluding hydrogens is 332 g/mol. The smallest absolute Gasteiger partial charge is 0.293 e. The van der Waals surface area contributed by atoms with E-state index >= 15 is 0 Å². The number of benzene rings is 2. The molecule has 124 valence electrons. The number of hydrogen-bond donors (Lipinski definition) is 2. The molecule has 0 aliphatic heterocycles. The maximum absolute atomic E-state index is 11.6. The number of anilines is 1. The summed E-state index contributed by atoms with van der Waals surface area (Å²) in [4.78, 5) is 18.2. The summed E-state index contributed by atoms with van der Waals surface area (Å²) >= 11 is 0. The number of aromatic amines is 1. The molecule has 3 rings (SSSR count). The molecule has 0 saturated carbocycles. The molecule has 1 aromatic heterocycles. The van der Waals surface area contributed by atoms with Gasteiger partial charge in [0, 0.05) is 24.9 Å². The van der Waals surface area contributed by atoms with Crippen molar-refractivity contribution < 1.29 is 13.3 Å². The average Bonchev–Trinajstić information content (AvgIpc) is 2.96. The summed E-state index contributed by atoms with van der Waals surface area (Å²) in [7, 11) is -1.71. The van der Waals surface area contributed by atoms with Gasteiger partial charge in [-0.25, -0.2) is 13.4 Å². The van der Waals surface area contributed by atoms with Gasteiger partial charge in [-0.3, -0.25) is 10.1 Å².